The molecule has 0 aliphatic carbocycles. The van der Waals surface area contributed by atoms with Crippen LogP contribution in [0.3, 0.4) is 0 Å². The van der Waals surface area contributed by atoms with Crippen molar-refractivity contribution >= 4 is 11.8 Å². The van der Waals surface area contributed by atoms with Crippen molar-refractivity contribution in [3.05, 3.63) is 36.0 Å². The average molecular weight is 346 g/mol. The van der Waals surface area contributed by atoms with Gasteiger partial charge < -0.3 is 14.2 Å². The fourth-order valence-corrected chi connectivity index (χ4v) is 2.71. The SMILES string of the molecule is CC(=O)N1CCN(C(=O)CCc2nnc(-c3ccc(F)cc3)o2)CC1. The normalized spacial score (nSPS) is 14.6. The third-order valence-corrected chi connectivity index (χ3v) is 4.19. The van der Waals surface area contributed by atoms with E-state index in [0.717, 1.165) is 0 Å². The average Bonchev–Trinajstić information content (AvgIpc) is 3.09. The number of hydrogen-bond acceptors (Lipinski definition) is 5. The number of hydrogen-bond donors (Lipinski definition) is 0. The number of aryl methyl sites for hydroxylation is 1. The summed E-state index contributed by atoms with van der Waals surface area (Å²) in [4.78, 5) is 27.0. The monoisotopic (exact) mass is 346 g/mol. The van der Waals surface area contributed by atoms with E-state index in [4.69, 9.17) is 4.42 Å². The van der Waals surface area contributed by atoms with Crippen LogP contribution in [0.25, 0.3) is 11.5 Å². The van der Waals surface area contributed by atoms with Crippen molar-refractivity contribution in [2.75, 3.05) is 26.2 Å². The maximum atomic E-state index is 12.9. The summed E-state index contributed by atoms with van der Waals surface area (Å²) < 4.78 is 18.5. The molecule has 3 rings (SSSR count). The predicted octanol–water partition coefficient (Wildman–Crippen LogP) is 1.50. The minimum Gasteiger partial charge on any atom is -0.421 e. The third-order valence-electron chi connectivity index (χ3n) is 4.19. The summed E-state index contributed by atoms with van der Waals surface area (Å²) in [5.41, 5.74) is 0.631. The molecule has 1 saturated heterocycles. The van der Waals surface area contributed by atoms with Gasteiger partial charge in [0, 0.05) is 51.5 Å². The number of benzene rings is 1. The summed E-state index contributed by atoms with van der Waals surface area (Å²) in [6, 6.07) is 5.77. The Morgan fingerprint density at radius 2 is 1.72 bits per heavy atom. The zero-order chi connectivity index (χ0) is 17.8. The standard InChI is InChI=1S/C17H19FN4O3/c1-12(23)21-8-10-22(11-9-21)16(24)7-6-15-19-20-17(25-15)13-2-4-14(18)5-3-13/h2-5H,6-11H2,1H3. The highest BCUT2D eigenvalue weighted by Gasteiger charge is 2.22. The first-order chi connectivity index (χ1) is 12.0. The molecule has 2 aromatic rings. The van der Waals surface area contributed by atoms with Crippen LogP contribution in [0, 0.1) is 5.82 Å². The first-order valence-electron chi connectivity index (χ1n) is 8.14. The largest absolute Gasteiger partial charge is 0.421 e. The molecule has 0 N–H and O–H groups in total. The summed E-state index contributed by atoms with van der Waals surface area (Å²) in [7, 11) is 0. The lowest BCUT2D eigenvalue weighted by Gasteiger charge is -2.34. The summed E-state index contributed by atoms with van der Waals surface area (Å²) in [5.74, 6) is 0.377. The van der Waals surface area contributed by atoms with Crippen LogP contribution in [0.2, 0.25) is 0 Å². The number of carbonyl (C=O) groups excluding carboxylic acids is 2. The molecular weight excluding hydrogens is 327 g/mol. The number of piperazine rings is 1. The molecule has 2 amide bonds. The van der Waals surface area contributed by atoms with Crippen molar-refractivity contribution in [2.24, 2.45) is 0 Å². The summed E-state index contributed by atoms with van der Waals surface area (Å²) in [6.07, 6.45) is 0.616. The third kappa shape index (κ3) is 4.20. The Labute approximate surface area is 144 Å². The molecule has 1 aromatic heterocycles. The van der Waals surface area contributed by atoms with Crippen LogP contribution in [0.5, 0.6) is 0 Å². The molecule has 0 bridgehead atoms. The predicted molar refractivity (Wildman–Crippen MR) is 86.8 cm³/mol. The molecule has 1 aromatic carbocycles. The fourth-order valence-electron chi connectivity index (χ4n) is 2.71. The molecule has 0 saturated carbocycles. The molecule has 1 aliphatic heterocycles. The zero-order valence-corrected chi connectivity index (χ0v) is 13.9. The molecule has 7 nitrogen and oxygen atoms in total. The van der Waals surface area contributed by atoms with Gasteiger partial charge >= 0.3 is 0 Å². The minimum absolute atomic E-state index is 0.00438. The number of nitrogens with zero attached hydrogens (tertiary/aromatic N) is 4. The van der Waals surface area contributed by atoms with E-state index in [2.05, 4.69) is 10.2 Å². The lowest BCUT2D eigenvalue weighted by atomic mass is 10.2. The second-order valence-electron chi connectivity index (χ2n) is 5.89. The fraction of sp³-hybridized carbons (Fsp3) is 0.412. The highest BCUT2D eigenvalue weighted by atomic mass is 19.1. The van der Waals surface area contributed by atoms with Crippen molar-refractivity contribution in [2.45, 2.75) is 19.8 Å². The zero-order valence-electron chi connectivity index (χ0n) is 13.9. The van der Waals surface area contributed by atoms with Gasteiger partial charge in [0.2, 0.25) is 23.6 Å². The molecule has 2 heterocycles. The first-order valence-corrected chi connectivity index (χ1v) is 8.14. The quantitative estimate of drug-likeness (QED) is 0.838. The Morgan fingerprint density at radius 1 is 1.08 bits per heavy atom. The lowest BCUT2D eigenvalue weighted by Crippen LogP contribution is -2.50. The Kier molecular flexibility index (Phi) is 5.06. The van der Waals surface area contributed by atoms with Gasteiger partial charge in [-0.15, -0.1) is 10.2 Å². The molecule has 1 fully saturated rings. The van der Waals surface area contributed by atoms with Crippen LogP contribution in [0.1, 0.15) is 19.2 Å². The maximum absolute atomic E-state index is 12.9. The topological polar surface area (TPSA) is 79.5 Å². The van der Waals surface area contributed by atoms with Gasteiger partial charge in [-0.25, -0.2) is 4.39 Å². The van der Waals surface area contributed by atoms with Crippen molar-refractivity contribution in [3.8, 4) is 11.5 Å². The number of halogens is 1. The van der Waals surface area contributed by atoms with Gasteiger partial charge in [-0.3, -0.25) is 9.59 Å². The molecular formula is C17H19FN4O3. The van der Waals surface area contributed by atoms with E-state index in [1.807, 2.05) is 0 Å². The molecule has 25 heavy (non-hydrogen) atoms. The molecule has 0 unspecified atom stereocenters. The molecule has 0 spiro atoms. The maximum Gasteiger partial charge on any atom is 0.247 e. The van der Waals surface area contributed by atoms with E-state index in [0.29, 0.717) is 49.9 Å². The number of carbonyl (C=O) groups is 2. The molecule has 0 atom stereocenters. The van der Waals surface area contributed by atoms with E-state index in [1.54, 1.807) is 21.9 Å². The highest BCUT2D eigenvalue weighted by molar-refractivity contribution is 5.77. The molecule has 0 radical (unpaired) electrons. The van der Waals surface area contributed by atoms with Gasteiger partial charge in [0.1, 0.15) is 5.82 Å². The minimum atomic E-state index is -0.334. The molecule has 132 valence electrons. The smallest absolute Gasteiger partial charge is 0.247 e. The number of amides is 2. The van der Waals surface area contributed by atoms with Gasteiger partial charge in [-0.05, 0) is 24.3 Å². The summed E-state index contributed by atoms with van der Waals surface area (Å²) in [6.45, 7) is 3.75. The number of rotatable bonds is 4. The van der Waals surface area contributed by atoms with E-state index >= 15 is 0 Å². The Balaban J connectivity index is 1.51. The Morgan fingerprint density at radius 3 is 2.36 bits per heavy atom. The van der Waals surface area contributed by atoms with Crippen LogP contribution in [0.4, 0.5) is 4.39 Å². The lowest BCUT2D eigenvalue weighted by molar-refractivity contribution is -0.138. The highest BCUT2D eigenvalue weighted by Crippen LogP contribution is 2.18. The van der Waals surface area contributed by atoms with Crippen molar-refractivity contribution in [1.82, 2.24) is 20.0 Å². The van der Waals surface area contributed by atoms with Gasteiger partial charge in [-0.1, -0.05) is 0 Å². The van der Waals surface area contributed by atoms with Crippen molar-refractivity contribution < 1.29 is 18.4 Å². The number of aromatic nitrogens is 2. The van der Waals surface area contributed by atoms with E-state index in [9.17, 15) is 14.0 Å². The molecule has 8 heteroatoms. The van der Waals surface area contributed by atoms with Crippen molar-refractivity contribution in [3.63, 3.8) is 0 Å². The van der Waals surface area contributed by atoms with E-state index in [-0.39, 0.29) is 24.1 Å². The van der Waals surface area contributed by atoms with Crippen LogP contribution in [0.15, 0.2) is 28.7 Å². The van der Waals surface area contributed by atoms with Gasteiger partial charge in [0.05, 0.1) is 0 Å². The van der Waals surface area contributed by atoms with Gasteiger partial charge in [-0.2, -0.15) is 0 Å². The molecule has 1 aliphatic rings. The summed E-state index contributed by atoms with van der Waals surface area (Å²) >= 11 is 0. The first kappa shape index (κ1) is 17.1. The van der Waals surface area contributed by atoms with Crippen molar-refractivity contribution in [1.29, 1.82) is 0 Å². The summed E-state index contributed by atoms with van der Waals surface area (Å²) in [5, 5.41) is 7.86. The van der Waals surface area contributed by atoms with Gasteiger partial charge in [0.25, 0.3) is 0 Å². The van der Waals surface area contributed by atoms with Crippen LogP contribution in [-0.2, 0) is 16.0 Å². The van der Waals surface area contributed by atoms with Crippen LogP contribution >= 0.6 is 0 Å². The van der Waals surface area contributed by atoms with Gasteiger partial charge in [0.15, 0.2) is 0 Å². The Hall–Kier alpha value is -2.77. The van der Waals surface area contributed by atoms with Crippen LogP contribution in [-0.4, -0.2) is 58.0 Å². The van der Waals surface area contributed by atoms with E-state index in [1.165, 1.54) is 19.1 Å². The van der Waals surface area contributed by atoms with E-state index < -0.39 is 0 Å². The van der Waals surface area contributed by atoms with Crippen LogP contribution < -0.4 is 0 Å². The Bertz CT molecular complexity index is 752. The second-order valence-corrected chi connectivity index (χ2v) is 5.89. The second kappa shape index (κ2) is 7.42.